The van der Waals surface area contributed by atoms with Gasteiger partial charge in [-0.2, -0.15) is 0 Å². The molecular weight excluding hydrogens is 348 g/mol. The van der Waals surface area contributed by atoms with E-state index >= 15 is 0 Å². The summed E-state index contributed by atoms with van der Waals surface area (Å²) >= 11 is 10.8. The molecule has 0 aromatic rings. The second-order valence-corrected chi connectivity index (χ2v) is 6.39. The van der Waals surface area contributed by atoms with Gasteiger partial charge in [-0.3, -0.25) is 0 Å². The van der Waals surface area contributed by atoms with Crippen molar-refractivity contribution in [3.8, 4) is 0 Å². The summed E-state index contributed by atoms with van der Waals surface area (Å²) < 4.78 is 0. The highest BCUT2D eigenvalue weighted by Crippen LogP contribution is 2.18. The lowest BCUT2D eigenvalue weighted by Gasteiger charge is -2.09. The molecule has 0 aliphatic carbocycles. The van der Waals surface area contributed by atoms with Crippen molar-refractivity contribution in [2.24, 2.45) is 0 Å². The molecule has 12 heavy (non-hydrogen) atoms. The van der Waals surface area contributed by atoms with Gasteiger partial charge in [-0.25, -0.2) is 0 Å². The van der Waals surface area contributed by atoms with Crippen molar-refractivity contribution >= 4 is 47.8 Å². The van der Waals surface area contributed by atoms with Gasteiger partial charge >= 0.3 is 0 Å². The van der Waals surface area contributed by atoms with E-state index in [1.807, 2.05) is 0 Å². The van der Waals surface area contributed by atoms with E-state index in [0.717, 1.165) is 10.2 Å². The fraction of sp³-hybridized carbons (Fsp3) is 1.00. The van der Waals surface area contributed by atoms with E-state index in [4.69, 9.17) is 0 Å². The van der Waals surface area contributed by atoms with E-state index in [9.17, 15) is 0 Å². The van der Waals surface area contributed by atoms with Crippen LogP contribution < -0.4 is 0 Å². The minimum Gasteiger partial charge on any atom is -0.0928 e. The molecule has 0 N–H and O–H groups in total. The Hall–Kier alpha value is 1.44. The maximum absolute atomic E-state index is 3.66. The second kappa shape index (κ2) is 9.01. The summed E-state index contributed by atoms with van der Waals surface area (Å²) in [4.78, 5) is 1.43. The smallest absolute Gasteiger partial charge is 0.0153 e. The van der Waals surface area contributed by atoms with Crippen LogP contribution in [0.25, 0.3) is 0 Å². The average molecular weight is 365 g/mol. The summed E-state index contributed by atoms with van der Waals surface area (Å²) in [7, 11) is 0. The Morgan fingerprint density at radius 1 is 1.00 bits per heavy atom. The first kappa shape index (κ1) is 13.4. The summed E-state index contributed by atoms with van der Waals surface area (Å²) in [5.74, 6) is 0. The van der Waals surface area contributed by atoms with Gasteiger partial charge in [0.05, 0.1) is 0 Å². The van der Waals surface area contributed by atoms with E-state index in [1.165, 1.54) is 32.1 Å². The number of alkyl halides is 3. The average Bonchev–Trinajstić information content (AvgIpc) is 2.04. The SMILES string of the molecule is CCC(Br)CCCC(Br)CCBr. The van der Waals surface area contributed by atoms with Gasteiger partial charge in [-0.15, -0.1) is 0 Å². The number of rotatable bonds is 7. The Morgan fingerprint density at radius 3 is 2.08 bits per heavy atom. The van der Waals surface area contributed by atoms with Crippen LogP contribution in [0.3, 0.4) is 0 Å². The maximum Gasteiger partial charge on any atom is 0.0153 e. The first-order chi connectivity index (χ1) is 5.70. The van der Waals surface area contributed by atoms with E-state index < -0.39 is 0 Å². The van der Waals surface area contributed by atoms with Crippen LogP contribution in [0.5, 0.6) is 0 Å². The van der Waals surface area contributed by atoms with Gasteiger partial charge in [-0.05, 0) is 25.7 Å². The molecule has 0 amide bonds. The molecule has 0 aliphatic rings. The van der Waals surface area contributed by atoms with E-state index in [-0.39, 0.29) is 0 Å². The summed E-state index contributed by atoms with van der Waals surface area (Å²) in [6.07, 6.45) is 6.41. The quantitative estimate of drug-likeness (QED) is 0.565. The van der Waals surface area contributed by atoms with Crippen LogP contribution >= 0.6 is 47.8 Å². The molecular formula is C9H17Br3. The highest BCUT2D eigenvalue weighted by atomic mass is 79.9. The van der Waals surface area contributed by atoms with Gasteiger partial charge in [0, 0.05) is 15.0 Å². The highest BCUT2D eigenvalue weighted by Gasteiger charge is 2.05. The molecule has 2 atom stereocenters. The Labute approximate surface area is 101 Å². The van der Waals surface area contributed by atoms with Crippen molar-refractivity contribution in [3.05, 3.63) is 0 Å². The van der Waals surface area contributed by atoms with Gasteiger partial charge in [-0.1, -0.05) is 61.1 Å². The van der Waals surface area contributed by atoms with Crippen molar-refractivity contribution in [2.75, 3.05) is 5.33 Å². The van der Waals surface area contributed by atoms with Crippen LogP contribution in [0, 0.1) is 0 Å². The van der Waals surface area contributed by atoms with Crippen LogP contribution in [-0.2, 0) is 0 Å². The zero-order valence-corrected chi connectivity index (χ0v) is 12.3. The number of hydrogen-bond acceptors (Lipinski definition) is 0. The van der Waals surface area contributed by atoms with Gasteiger partial charge in [0.2, 0.25) is 0 Å². The molecule has 2 unspecified atom stereocenters. The lowest BCUT2D eigenvalue weighted by molar-refractivity contribution is 0.631. The molecule has 74 valence electrons. The summed E-state index contributed by atoms with van der Waals surface area (Å²) in [5, 5.41) is 1.11. The number of hydrogen-bond donors (Lipinski definition) is 0. The van der Waals surface area contributed by atoms with Gasteiger partial charge in [0.15, 0.2) is 0 Å². The standard InChI is InChI=1S/C9H17Br3/c1-2-8(11)4-3-5-9(12)6-7-10/h8-9H,2-7H2,1H3. The van der Waals surface area contributed by atoms with Gasteiger partial charge in [0.1, 0.15) is 0 Å². The van der Waals surface area contributed by atoms with Gasteiger partial charge in [0.25, 0.3) is 0 Å². The Bertz CT molecular complexity index is 95.8. The third-order valence-electron chi connectivity index (χ3n) is 1.90. The largest absolute Gasteiger partial charge is 0.0928 e. The third-order valence-corrected chi connectivity index (χ3v) is 4.38. The normalized spacial score (nSPS) is 16.0. The topological polar surface area (TPSA) is 0 Å². The molecule has 0 rings (SSSR count). The van der Waals surface area contributed by atoms with Crippen LogP contribution in [0.2, 0.25) is 0 Å². The molecule has 0 fully saturated rings. The lowest BCUT2D eigenvalue weighted by atomic mass is 10.1. The predicted octanol–water partition coefficient (Wildman–Crippen LogP) is 4.88. The number of halogens is 3. The fourth-order valence-electron chi connectivity index (χ4n) is 1.03. The molecule has 0 bridgehead atoms. The van der Waals surface area contributed by atoms with E-state index in [2.05, 4.69) is 54.7 Å². The van der Waals surface area contributed by atoms with Crippen LogP contribution in [-0.4, -0.2) is 15.0 Å². The first-order valence-electron chi connectivity index (χ1n) is 4.54. The Kier molecular flexibility index (Phi) is 10.1. The molecule has 0 saturated heterocycles. The molecule has 0 aliphatic heterocycles. The van der Waals surface area contributed by atoms with Crippen LogP contribution in [0.1, 0.15) is 39.0 Å². The minimum absolute atomic E-state index is 0.702. The second-order valence-electron chi connectivity index (χ2n) is 3.01. The van der Waals surface area contributed by atoms with E-state index in [0.29, 0.717) is 4.83 Å². The van der Waals surface area contributed by atoms with Crippen molar-refractivity contribution in [1.82, 2.24) is 0 Å². The zero-order chi connectivity index (χ0) is 9.40. The maximum atomic E-state index is 3.66. The Morgan fingerprint density at radius 2 is 1.58 bits per heavy atom. The Balaban J connectivity index is 3.18. The third kappa shape index (κ3) is 8.06. The predicted molar refractivity (Wildman–Crippen MR) is 68.0 cm³/mol. The molecule has 0 spiro atoms. The zero-order valence-electron chi connectivity index (χ0n) is 7.53. The molecule has 0 nitrogen and oxygen atoms in total. The molecule has 0 heterocycles. The fourth-order valence-corrected chi connectivity index (χ4v) is 3.07. The van der Waals surface area contributed by atoms with E-state index in [1.54, 1.807) is 0 Å². The molecule has 0 saturated carbocycles. The molecule has 0 aromatic carbocycles. The van der Waals surface area contributed by atoms with Crippen molar-refractivity contribution in [1.29, 1.82) is 0 Å². The molecule has 3 heteroatoms. The molecule has 0 aromatic heterocycles. The lowest BCUT2D eigenvalue weighted by Crippen LogP contribution is -2.01. The highest BCUT2D eigenvalue weighted by molar-refractivity contribution is 9.10. The summed E-state index contributed by atoms with van der Waals surface area (Å²) in [5.41, 5.74) is 0. The summed E-state index contributed by atoms with van der Waals surface area (Å²) in [6, 6.07) is 0. The minimum atomic E-state index is 0.702. The molecule has 0 radical (unpaired) electrons. The first-order valence-corrected chi connectivity index (χ1v) is 7.50. The van der Waals surface area contributed by atoms with Gasteiger partial charge < -0.3 is 0 Å². The van der Waals surface area contributed by atoms with Crippen LogP contribution in [0.4, 0.5) is 0 Å². The summed E-state index contributed by atoms with van der Waals surface area (Å²) in [6.45, 7) is 2.23. The monoisotopic (exact) mass is 362 g/mol. The van der Waals surface area contributed by atoms with Crippen molar-refractivity contribution in [3.63, 3.8) is 0 Å². The van der Waals surface area contributed by atoms with Crippen molar-refractivity contribution in [2.45, 2.75) is 48.7 Å². The van der Waals surface area contributed by atoms with Crippen LogP contribution in [0.15, 0.2) is 0 Å². The van der Waals surface area contributed by atoms with Crippen molar-refractivity contribution < 1.29 is 0 Å².